The summed E-state index contributed by atoms with van der Waals surface area (Å²) in [7, 11) is 0. The number of para-hydroxylation sites is 1. The highest BCUT2D eigenvalue weighted by molar-refractivity contribution is 6.17. The monoisotopic (exact) mass is 278 g/mol. The fraction of sp³-hybridized carbons (Fsp3) is 0.222. The molecule has 3 rings (SSSR count). The van der Waals surface area contributed by atoms with Crippen LogP contribution >= 0.6 is 0 Å². The Morgan fingerprint density at radius 1 is 1.05 bits per heavy atom. The first-order valence-corrected chi connectivity index (χ1v) is 7.12. The second kappa shape index (κ2) is 5.52. The molecule has 3 heteroatoms. The predicted molar refractivity (Wildman–Crippen MR) is 86.4 cm³/mol. The number of aliphatic imine (C=N–C) groups is 1. The smallest absolute Gasteiger partial charge is 0.233 e. The van der Waals surface area contributed by atoms with Crippen molar-refractivity contribution in [2.45, 2.75) is 20.3 Å². The number of carbonyl (C=O) groups is 1. The van der Waals surface area contributed by atoms with E-state index >= 15 is 0 Å². The van der Waals surface area contributed by atoms with Crippen LogP contribution in [0.2, 0.25) is 0 Å². The van der Waals surface area contributed by atoms with Crippen molar-refractivity contribution >= 4 is 23.0 Å². The largest absolute Gasteiger partial charge is 0.306 e. The maximum atomic E-state index is 12.2. The highest BCUT2D eigenvalue weighted by Crippen LogP contribution is 2.24. The van der Waals surface area contributed by atoms with Gasteiger partial charge in [-0.3, -0.25) is 9.79 Å². The van der Waals surface area contributed by atoms with Gasteiger partial charge in [0.1, 0.15) is 0 Å². The number of hydrogen-bond donors (Lipinski definition) is 0. The molecule has 21 heavy (non-hydrogen) atoms. The predicted octanol–water partition coefficient (Wildman–Crippen LogP) is 3.81. The third-order valence-electron chi connectivity index (χ3n) is 3.70. The van der Waals surface area contributed by atoms with Crippen LogP contribution in [0.1, 0.15) is 17.5 Å². The molecule has 1 fully saturated rings. The molecular weight excluding hydrogens is 260 g/mol. The molecule has 0 atom stereocenters. The molecule has 0 N–H and O–H groups in total. The lowest BCUT2D eigenvalue weighted by molar-refractivity contribution is -0.116. The maximum absolute atomic E-state index is 12.2. The Kier molecular flexibility index (Phi) is 3.57. The minimum atomic E-state index is 0.115. The van der Waals surface area contributed by atoms with Crippen LogP contribution in [0.4, 0.5) is 11.4 Å². The van der Waals surface area contributed by atoms with Crippen LogP contribution in [-0.2, 0) is 4.79 Å². The fourth-order valence-corrected chi connectivity index (χ4v) is 2.62. The molecular formula is C18H18N2O. The molecule has 0 unspecified atom stereocenters. The summed E-state index contributed by atoms with van der Waals surface area (Å²) in [5.74, 6) is 0.115. The van der Waals surface area contributed by atoms with Gasteiger partial charge in [-0.25, -0.2) is 0 Å². The van der Waals surface area contributed by atoms with E-state index in [1.807, 2.05) is 36.4 Å². The molecule has 2 aromatic carbocycles. The summed E-state index contributed by atoms with van der Waals surface area (Å²) in [6.45, 7) is 4.70. The summed E-state index contributed by atoms with van der Waals surface area (Å²) in [5, 5.41) is 0. The van der Waals surface area contributed by atoms with E-state index in [0.29, 0.717) is 13.0 Å². The Bertz CT molecular complexity index is 704. The SMILES string of the molecule is Cc1ccc(N=C2CC(=O)N(c3ccccc3)C2)c(C)c1. The topological polar surface area (TPSA) is 32.7 Å². The number of aryl methyl sites for hydroxylation is 2. The van der Waals surface area contributed by atoms with Gasteiger partial charge in [-0.05, 0) is 37.6 Å². The Morgan fingerprint density at radius 3 is 2.52 bits per heavy atom. The number of benzene rings is 2. The zero-order chi connectivity index (χ0) is 14.8. The van der Waals surface area contributed by atoms with Crippen molar-refractivity contribution < 1.29 is 4.79 Å². The Labute approximate surface area is 124 Å². The Morgan fingerprint density at radius 2 is 1.81 bits per heavy atom. The minimum absolute atomic E-state index is 0.115. The lowest BCUT2D eigenvalue weighted by atomic mass is 10.1. The summed E-state index contributed by atoms with van der Waals surface area (Å²) in [6, 6.07) is 15.9. The molecule has 1 aliphatic rings. The number of nitrogens with zero attached hydrogens (tertiary/aromatic N) is 2. The standard InChI is InChI=1S/C18H18N2O/c1-13-8-9-17(14(2)10-13)19-15-11-18(21)20(12-15)16-6-4-3-5-7-16/h3-10H,11-12H2,1-2H3. The van der Waals surface area contributed by atoms with Crippen molar-refractivity contribution in [2.75, 3.05) is 11.4 Å². The summed E-state index contributed by atoms with van der Waals surface area (Å²) in [5.41, 5.74) is 5.19. The van der Waals surface area contributed by atoms with Crippen molar-refractivity contribution in [2.24, 2.45) is 4.99 Å². The molecule has 0 aliphatic carbocycles. The summed E-state index contributed by atoms with van der Waals surface area (Å²) in [6.07, 6.45) is 0.405. The first-order chi connectivity index (χ1) is 10.1. The van der Waals surface area contributed by atoms with Gasteiger partial charge in [0.25, 0.3) is 0 Å². The van der Waals surface area contributed by atoms with Crippen molar-refractivity contribution in [1.82, 2.24) is 0 Å². The number of hydrogen-bond acceptors (Lipinski definition) is 2. The van der Waals surface area contributed by atoms with Gasteiger partial charge in [-0.2, -0.15) is 0 Å². The second-order valence-electron chi connectivity index (χ2n) is 5.46. The van der Waals surface area contributed by atoms with Gasteiger partial charge in [0.05, 0.1) is 18.7 Å². The molecule has 106 valence electrons. The van der Waals surface area contributed by atoms with Crippen molar-refractivity contribution in [3.8, 4) is 0 Å². The maximum Gasteiger partial charge on any atom is 0.233 e. The minimum Gasteiger partial charge on any atom is -0.306 e. The first kappa shape index (κ1) is 13.6. The zero-order valence-electron chi connectivity index (χ0n) is 12.3. The molecule has 1 aliphatic heterocycles. The normalized spacial score (nSPS) is 16.8. The van der Waals surface area contributed by atoms with Gasteiger partial charge in [-0.1, -0.05) is 35.9 Å². The fourth-order valence-electron chi connectivity index (χ4n) is 2.62. The van der Waals surface area contributed by atoms with Crippen LogP contribution in [0.25, 0.3) is 0 Å². The van der Waals surface area contributed by atoms with Gasteiger partial charge in [0, 0.05) is 11.4 Å². The van der Waals surface area contributed by atoms with Crippen LogP contribution in [0.5, 0.6) is 0 Å². The van der Waals surface area contributed by atoms with Crippen molar-refractivity contribution in [1.29, 1.82) is 0 Å². The molecule has 1 heterocycles. The quantitative estimate of drug-likeness (QED) is 0.822. The average Bonchev–Trinajstić information content (AvgIpc) is 2.84. The lowest BCUT2D eigenvalue weighted by Crippen LogP contribution is -2.24. The number of carbonyl (C=O) groups excluding carboxylic acids is 1. The molecule has 0 bridgehead atoms. The van der Waals surface area contributed by atoms with Crippen LogP contribution in [0.3, 0.4) is 0 Å². The van der Waals surface area contributed by atoms with Crippen molar-refractivity contribution in [3.63, 3.8) is 0 Å². The van der Waals surface area contributed by atoms with E-state index in [1.54, 1.807) is 4.90 Å². The van der Waals surface area contributed by atoms with E-state index in [9.17, 15) is 4.79 Å². The molecule has 0 aromatic heterocycles. The molecule has 0 radical (unpaired) electrons. The van der Waals surface area contributed by atoms with E-state index in [2.05, 4.69) is 31.0 Å². The van der Waals surface area contributed by atoms with Gasteiger partial charge in [0.2, 0.25) is 5.91 Å². The summed E-state index contributed by atoms with van der Waals surface area (Å²) in [4.78, 5) is 18.6. The molecule has 0 spiro atoms. The number of anilines is 1. The first-order valence-electron chi connectivity index (χ1n) is 7.12. The summed E-state index contributed by atoms with van der Waals surface area (Å²) < 4.78 is 0. The van der Waals surface area contributed by atoms with E-state index in [4.69, 9.17) is 0 Å². The van der Waals surface area contributed by atoms with Gasteiger partial charge in [-0.15, -0.1) is 0 Å². The van der Waals surface area contributed by atoms with E-state index in [1.165, 1.54) is 5.56 Å². The summed E-state index contributed by atoms with van der Waals surface area (Å²) >= 11 is 0. The molecule has 0 saturated carbocycles. The molecule has 1 amide bonds. The third-order valence-corrected chi connectivity index (χ3v) is 3.70. The third kappa shape index (κ3) is 2.87. The Balaban J connectivity index is 1.86. The number of rotatable bonds is 2. The molecule has 3 nitrogen and oxygen atoms in total. The van der Waals surface area contributed by atoms with Crippen LogP contribution in [0.15, 0.2) is 53.5 Å². The average molecular weight is 278 g/mol. The van der Waals surface area contributed by atoms with Crippen LogP contribution in [-0.4, -0.2) is 18.2 Å². The zero-order valence-corrected chi connectivity index (χ0v) is 12.3. The molecule has 2 aromatic rings. The second-order valence-corrected chi connectivity index (χ2v) is 5.46. The number of amides is 1. The lowest BCUT2D eigenvalue weighted by Gasteiger charge is -2.14. The highest BCUT2D eigenvalue weighted by Gasteiger charge is 2.27. The van der Waals surface area contributed by atoms with Gasteiger partial charge >= 0.3 is 0 Å². The van der Waals surface area contributed by atoms with Crippen molar-refractivity contribution in [3.05, 3.63) is 59.7 Å². The van der Waals surface area contributed by atoms with E-state index < -0.39 is 0 Å². The Hall–Kier alpha value is -2.42. The van der Waals surface area contributed by atoms with Crippen LogP contribution < -0.4 is 4.90 Å². The van der Waals surface area contributed by atoms with E-state index in [-0.39, 0.29) is 5.91 Å². The van der Waals surface area contributed by atoms with Gasteiger partial charge < -0.3 is 4.90 Å². The van der Waals surface area contributed by atoms with E-state index in [0.717, 1.165) is 22.6 Å². The van der Waals surface area contributed by atoms with Gasteiger partial charge in [0.15, 0.2) is 0 Å². The van der Waals surface area contributed by atoms with Crippen LogP contribution in [0, 0.1) is 13.8 Å². The molecule has 1 saturated heterocycles. The highest BCUT2D eigenvalue weighted by atomic mass is 16.2.